The van der Waals surface area contributed by atoms with Crippen LogP contribution in [0.5, 0.6) is 0 Å². The fourth-order valence-corrected chi connectivity index (χ4v) is 2.10. The molecule has 0 fully saturated rings. The maximum Gasteiger partial charge on any atom is 0.0233 e. The van der Waals surface area contributed by atoms with Gasteiger partial charge in [0.05, 0.1) is 0 Å². The third-order valence-corrected chi connectivity index (χ3v) is 3.57. The first-order valence-electron chi connectivity index (χ1n) is 7.75. The molecule has 1 aromatic carbocycles. The van der Waals surface area contributed by atoms with Gasteiger partial charge in [-0.2, -0.15) is 0 Å². The summed E-state index contributed by atoms with van der Waals surface area (Å²) in [6.07, 6.45) is 2.59. The Bertz CT molecular complexity index is 325. The zero-order valence-electron chi connectivity index (χ0n) is 13.4. The Morgan fingerprint density at radius 2 is 1.32 bits per heavy atom. The van der Waals surface area contributed by atoms with E-state index < -0.39 is 0 Å². The molecule has 0 radical (unpaired) electrons. The number of rotatable bonds is 8. The molecule has 108 valence electrons. The molecule has 1 heteroatoms. The van der Waals surface area contributed by atoms with Crippen LogP contribution in [0.25, 0.3) is 0 Å². The first kappa shape index (κ1) is 16.2. The average molecular weight is 261 g/mol. The minimum atomic E-state index is 0.791. The van der Waals surface area contributed by atoms with E-state index in [-0.39, 0.29) is 0 Å². The topological polar surface area (TPSA) is 3.24 Å². The van der Waals surface area contributed by atoms with Gasteiger partial charge < -0.3 is 0 Å². The summed E-state index contributed by atoms with van der Waals surface area (Å²) < 4.78 is 0. The second-order valence-corrected chi connectivity index (χ2v) is 6.63. The Morgan fingerprint density at radius 3 is 1.74 bits per heavy atom. The molecule has 1 aromatic rings. The summed E-state index contributed by atoms with van der Waals surface area (Å²) >= 11 is 0. The molecule has 0 N–H and O–H groups in total. The van der Waals surface area contributed by atoms with Crippen molar-refractivity contribution in [1.82, 2.24) is 4.90 Å². The molecule has 0 aromatic heterocycles. The second kappa shape index (κ2) is 8.37. The molecule has 0 aliphatic rings. The number of nitrogens with zero attached hydrogens (tertiary/aromatic N) is 1. The molecule has 1 rings (SSSR count). The molecule has 0 aliphatic heterocycles. The van der Waals surface area contributed by atoms with E-state index in [1.807, 2.05) is 0 Å². The third kappa shape index (κ3) is 7.37. The second-order valence-electron chi connectivity index (χ2n) is 6.63. The zero-order chi connectivity index (χ0) is 14.3. The smallest absolute Gasteiger partial charge is 0.0233 e. The molecule has 0 aliphatic carbocycles. The van der Waals surface area contributed by atoms with Crippen molar-refractivity contribution >= 4 is 0 Å². The highest BCUT2D eigenvalue weighted by Gasteiger charge is 2.08. The van der Waals surface area contributed by atoms with E-state index in [1.54, 1.807) is 0 Å². The zero-order valence-corrected chi connectivity index (χ0v) is 13.4. The highest BCUT2D eigenvalue weighted by atomic mass is 15.1. The summed E-state index contributed by atoms with van der Waals surface area (Å²) in [6, 6.07) is 8.98. The van der Waals surface area contributed by atoms with Gasteiger partial charge in [0.2, 0.25) is 0 Å². The lowest BCUT2D eigenvalue weighted by atomic mass is 10.1. The molecular weight excluding hydrogens is 230 g/mol. The molecule has 0 spiro atoms. The highest BCUT2D eigenvalue weighted by Crippen LogP contribution is 2.11. The first-order chi connectivity index (χ1) is 8.97. The van der Waals surface area contributed by atoms with Crippen LogP contribution in [0.4, 0.5) is 0 Å². The monoisotopic (exact) mass is 261 g/mol. The van der Waals surface area contributed by atoms with Crippen LogP contribution in [0.15, 0.2) is 24.3 Å². The van der Waals surface area contributed by atoms with E-state index in [2.05, 4.69) is 63.8 Å². The van der Waals surface area contributed by atoms with Gasteiger partial charge in [0.1, 0.15) is 0 Å². The van der Waals surface area contributed by atoms with Gasteiger partial charge in [0, 0.05) is 6.54 Å². The van der Waals surface area contributed by atoms with Crippen LogP contribution >= 0.6 is 0 Å². The first-order valence-corrected chi connectivity index (χ1v) is 7.75. The molecule has 0 heterocycles. The number of hydrogen-bond donors (Lipinski definition) is 0. The van der Waals surface area contributed by atoms with E-state index in [0.29, 0.717) is 0 Å². The van der Waals surface area contributed by atoms with Gasteiger partial charge in [-0.1, -0.05) is 57.5 Å². The van der Waals surface area contributed by atoms with Crippen LogP contribution in [0.1, 0.15) is 51.7 Å². The highest BCUT2D eigenvalue weighted by molar-refractivity contribution is 5.21. The summed E-state index contributed by atoms with van der Waals surface area (Å²) in [4.78, 5) is 2.62. The minimum absolute atomic E-state index is 0.791. The van der Waals surface area contributed by atoms with Crippen LogP contribution in [0, 0.1) is 18.8 Å². The Morgan fingerprint density at radius 1 is 0.842 bits per heavy atom. The summed E-state index contributed by atoms with van der Waals surface area (Å²) in [5.74, 6) is 1.58. The number of benzene rings is 1. The van der Waals surface area contributed by atoms with Crippen molar-refractivity contribution in [2.45, 2.75) is 54.0 Å². The maximum atomic E-state index is 2.62. The van der Waals surface area contributed by atoms with E-state index in [4.69, 9.17) is 0 Å². The lowest BCUT2D eigenvalue weighted by molar-refractivity contribution is 0.235. The van der Waals surface area contributed by atoms with Gasteiger partial charge >= 0.3 is 0 Å². The van der Waals surface area contributed by atoms with Crippen molar-refractivity contribution in [1.29, 1.82) is 0 Å². The van der Waals surface area contributed by atoms with E-state index in [9.17, 15) is 0 Å². The van der Waals surface area contributed by atoms with Gasteiger partial charge in [0.25, 0.3) is 0 Å². The molecule has 0 bridgehead atoms. The fraction of sp³-hybridized carbons (Fsp3) is 0.667. The van der Waals surface area contributed by atoms with E-state index >= 15 is 0 Å². The van der Waals surface area contributed by atoms with Gasteiger partial charge in [-0.05, 0) is 50.3 Å². The summed E-state index contributed by atoms with van der Waals surface area (Å²) in [6.45, 7) is 14.9. The maximum absolute atomic E-state index is 2.62. The van der Waals surface area contributed by atoms with Crippen LogP contribution in [0.3, 0.4) is 0 Å². The Kier molecular flexibility index (Phi) is 7.15. The van der Waals surface area contributed by atoms with Crippen molar-refractivity contribution in [3.63, 3.8) is 0 Å². The molecule has 1 nitrogen and oxygen atoms in total. The Hall–Kier alpha value is -0.820. The SMILES string of the molecule is Cc1ccc(CN(CCC(C)C)CCC(C)C)cc1. The molecule has 0 atom stereocenters. The molecular formula is C18H31N. The van der Waals surface area contributed by atoms with Crippen LogP contribution in [-0.4, -0.2) is 18.0 Å². The quantitative estimate of drug-likeness (QED) is 0.644. The van der Waals surface area contributed by atoms with Crippen molar-refractivity contribution < 1.29 is 0 Å². The van der Waals surface area contributed by atoms with Gasteiger partial charge in [0.15, 0.2) is 0 Å². The summed E-state index contributed by atoms with van der Waals surface area (Å²) in [5.41, 5.74) is 2.79. The van der Waals surface area contributed by atoms with Crippen LogP contribution in [0.2, 0.25) is 0 Å². The van der Waals surface area contributed by atoms with Crippen LogP contribution < -0.4 is 0 Å². The van der Waals surface area contributed by atoms with Gasteiger partial charge in [-0.15, -0.1) is 0 Å². The van der Waals surface area contributed by atoms with Crippen molar-refractivity contribution in [3.8, 4) is 0 Å². The fourth-order valence-electron chi connectivity index (χ4n) is 2.10. The van der Waals surface area contributed by atoms with Crippen molar-refractivity contribution in [3.05, 3.63) is 35.4 Å². The molecule has 0 amide bonds. The summed E-state index contributed by atoms with van der Waals surface area (Å²) in [5, 5.41) is 0. The Balaban J connectivity index is 2.53. The number of aryl methyl sites for hydroxylation is 1. The van der Waals surface area contributed by atoms with Gasteiger partial charge in [-0.3, -0.25) is 4.90 Å². The minimum Gasteiger partial charge on any atom is -0.299 e. The molecule has 0 unspecified atom stereocenters. The van der Waals surface area contributed by atoms with Crippen molar-refractivity contribution in [2.75, 3.05) is 13.1 Å². The largest absolute Gasteiger partial charge is 0.299 e. The predicted octanol–water partition coefficient (Wildman–Crippen LogP) is 4.89. The Labute approximate surface area is 120 Å². The summed E-state index contributed by atoms with van der Waals surface area (Å²) in [7, 11) is 0. The average Bonchev–Trinajstić information content (AvgIpc) is 2.35. The predicted molar refractivity (Wildman–Crippen MR) is 85.4 cm³/mol. The third-order valence-electron chi connectivity index (χ3n) is 3.57. The van der Waals surface area contributed by atoms with Crippen molar-refractivity contribution in [2.24, 2.45) is 11.8 Å². The van der Waals surface area contributed by atoms with Gasteiger partial charge in [-0.25, -0.2) is 0 Å². The lowest BCUT2D eigenvalue weighted by Gasteiger charge is -2.24. The lowest BCUT2D eigenvalue weighted by Crippen LogP contribution is -2.27. The van der Waals surface area contributed by atoms with E-state index in [1.165, 1.54) is 37.1 Å². The molecule has 0 saturated carbocycles. The standard InChI is InChI=1S/C18H31N/c1-15(2)10-12-19(13-11-16(3)4)14-18-8-6-17(5)7-9-18/h6-9,15-16H,10-14H2,1-5H3. The number of hydrogen-bond acceptors (Lipinski definition) is 1. The van der Waals surface area contributed by atoms with Crippen LogP contribution in [-0.2, 0) is 6.54 Å². The van der Waals surface area contributed by atoms with E-state index in [0.717, 1.165) is 18.4 Å². The normalized spacial score (nSPS) is 11.8. The molecule has 0 saturated heterocycles. The molecule has 19 heavy (non-hydrogen) atoms.